The van der Waals surface area contributed by atoms with E-state index in [2.05, 4.69) is 0 Å². The Morgan fingerprint density at radius 3 is 2.53 bits per heavy atom. The lowest BCUT2D eigenvalue weighted by atomic mass is 10.1. The van der Waals surface area contributed by atoms with E-state index in [9.17, 15) is 9.90 Å². The van der Waals surface area contributed by atoms with Crippen LogP contribution in [0.3, 0.4) is 0 Å². The van der Waals surface area contributed by atoms with Crippen molar-refractivity contribution < 1.29 is 14.6 Å². The Morgan fingerprint density at radius 2 is 2.06 bits per heavy atom. The Bertz CT molecular complexity index is 400. The molecule has 0 saturated carbocycles. The summed E-state index contributed by atoms with van der Waals surface area (Å²) in [5.41, 5.74) is 0.840. The molecule has 1 aromatic rings. The third-order valence-electron chi connectivity index (χ3n) is 3.02. The van der Waals surface area contributed by atoms with Crippen molar-refractivity contribution in [2.24, 2.45) is 0 Å². The number of rotatable bonds is 3. The molecule has 1 saturated heterocycles. The van der Waals surface area contributed by atoms with Gasteiger partial charge in [0.2, 0.25) is 0 Å². The predicted molar refractivity (Wildman–Crippen MR) is 63.7 cm³/mol. The summed E-state index contributed by atoms with van der Waals surface area (Å²) < 4.78 is 5.62. The van der Waals surface area contributed by atoms with Crippen LogP contribution < -0.4 is 4.74 Å². The molecular formula is C13H17NO3. The molecule has 1 aliphatic heterocycles. The van der Waals surface area contributed by atoms with Crippen LogP contribution in [-0.2, 0) is 4.79 Å². The van der Waals surface area contributed by atoms with Gasteiger partial charge < -0.3 is 14.7 Å². The number of ether oxygens (including phenoxy) is 1. The number of hydrogen-bond donors (Lipinski definition) is 1. The maximum atomic E-state index is 11.6. The molecule has 2 rings (SSSR count). The van der Waals surface area contributed by atoms with Crippen LogP contribution in [0.5, 0.6) is 5.75 Å². The Labute approximate surface area is 101 Å². The zero-order valence-electron chi connectivity index (χ0n) is 10.1. The number of carbonyl (C=O) groups excluding carboxylic acids is 1. The molecular weight excluding hydrogens is 218 g/mol. The van der Waals surface area contributed by atoms with Gasteiger partial charge in [0.15, 0.2) is 6.10 Å². The van der Waals surface area contributed by atoms with Gasteiger partial charge in [0.05, 0.1) is 6.10 Å². The molecule has 1 fully saturated rings. The van der Waals surface area contributed by atoms with E-state index in [0.29, 0.717) is 5.75 Å². The van der Waals surface area contributed by atoms with E-state index >= 15 is 0 Å². The molecule has 0 aliphatic carbocycles. The first-order valence-corrected chi connectivity index (χ1v) is 5.77. The summed E-state index contributed by atoms with van der Waals surface area (Å²) >= 11 is 0. The zero-order valence-corrected chi connectivity index (χ0v) is 10.1. The van der Waals surface area contributed by atoms with Crippen molar-refractivity contribution in [3.63, 3.8) is 0 Å². The monoisotopic (exact) mass is 235 g/mol. The molecule has 0 aromatic heterocycles. The maximum absolute atomic E-state index is 11.6. The highest BCUT2D eigenvalue weighted by atomic mass is 16.5. The molecule has 1 unspecified atom stereocenters. The minimum Gasteiger partial charge on any atom is -0.481 e. The topological polar surface area (TPSA) is 49.8 Å². The highest BCUT2D eigenvalue weighted by Gasteiger charge is 2.30. The van der Waals surface area contributed by atoms with Crippen LogP contribution >= 0.6 is 0 Å². The van der Waals surface area contributed by atoms with Gasteiger partial charge in [0.25, 0.3) is 5.91 Å². The summed E-state index contributed by atoms with van der Waals surface area (Å²) in [5.74, 6) is 0.702. The number of nitrogens with zero attached hydrogens (tertiary/aromatic N) is 1. The average Bonchev–Trinajstić information content (AvgIpc) is 2.62. The smallest absolute Gasteiger partial charge is 0.263 e. The van der Waals surface area contributed by atoms with Crippen molar-refractivity contribution in [2.75, 3.05) is 13.6 Å². The molecule has 1 aromatic carbocycles. The van der Waals surface area contributed by atoms with Gasteiger partial charge in [-0.3, -0.25) is 4.79 Å². The summed E-state index contributed by atoms with van der Waals surface area (Å²) in [7, 11) is 1.78. The lowest BCUT2D eigenvalue weighted by Gasteiger charge is -2.13. The summed E-state index contributed by atoms with van der Waals surface area (Å²) in [6.07, 6.45) is -0.117. The normalized spacial score (nSPS) is 21.7. The van der Waals surface area contributed by atoms with Gasteiger partial charge in [-0.1, -0.05) is 12.1 Å². The fraction of sp³-hybridized carbons (Fsp3) is 0.462. The first kappa shape index (κ1) is 11.9. The van der Waals surface area contributed by atoms with Crippen LogP contribution in [0, 0.1) is 0 Å². The van der Waals surface area contributed by atoms with Gasteiger partial charge in [-0.2, -0.15) is 0 Å². The third kappa shape index (κ3) is 2.58. The quantitative estimate of drug-likeness (QED) is 0.860. The van der Waals surface area contributed by atoms with E-state index in [-0.39, 0.29) is 12.0 Å². The van der Waals surface area contributed by atoms with E-state index in [1.807, 2.05) is 12.1 Å². The maximum Gasteiger partial charge on any atom is 0.263 e. The second-order valence-electron chi connectivity index (χ2n) is 4.40. The molecule has 4 nitrogen and oxygen atoms in total. The minimum absolute atomic E-state index is 0.0320. The zero-order chi connectivity index (χ0) is 12.4. The number of benzene rings is 1. The molecule has 0 radical (unpaired) electrons. The van der Waals surface area contributed by atoms with Crippen LogP contribution in [0.1, 0.15) is 25.0 Å². The fourth-order valence-electron chi connectivity index (χ4n) is 1.89. The Balaban J connectivity index is 2.02. The molecule has 0 spiro atoms. The largest absolute Gasteiger partial charge is 0.481 e. The van der Waals surface area contributed by atoms with Crippen LogP contribution in [0.15, 0.2) is 24.3 Å². The molecule has 1 heterocycles. The number of aliphatic hydroxyl groups excluding tert-OH is 1. The van der Waals surface area contributed by atoms with E-state index in [4.69, 9.17) is 4.74 Å². The Morgan fingerprint density at radius 1 is 1.41 bits per heavy atom. The Kier molecular flexibility index (Phi) is 3.33. The molecule has 0 bridgehead atoms. The SMILES string of the molecule is C[C@H](O)c1ccc(OC2CCN(C)C2=O)cc1. The first-order chi connectivity index (χ1) is 8.08. The summed E-state index contributed by atoms with van der Waals surface area (Å²) in [5, 5.41) is 9.37. The number of aliphatic hydroxyl groups is 1. The molecule has 92 valence electrons. The molecule has 2 atom stereocenters. The van der Waals surface area contributed by atoms with Crippen molar-refractivity contribution in [3.8, 4) is 5.75 Å². The highest BCUT2D eigenvalue weighted by Crippen LogP contribution is 2.21. The highest BCUT2D eigenvalue weighted by molar-refractivity contribution is 5.83. The van der Waals surface area contributed by atoms with Crippen molar-refractivity contribution in [1.82, 2.24) is 4.90 Å². The average molecular weight is 235 g/mol. The van der Waals surface area contributed by atoms with E-state index in [0.717, 1.165) is 18.5 Å². The molecule has 17 heavy (non-hydrogen) atoms. The van der Waals surface area contributed by atoms with Gasteiger partial charge in [0.1, 0.15) is 5.75 Å². The van der Waals surface area contributed by atoms with Gasteiger partial charge in [0, 0.05) is 20.0 Å². The van der Waals surface area contributed by atoms with Gasteiger partial charge in [-0.25, -0.2) is 0 Å². The number of amides is 1. The van der Waals surface area contributed by atoms with Gasteiger partial charge >= 0.3 is 0 Å². The minimum atomic E-state index is -0.483. The summed E-state index contributed by atoms with van der Waals surface area (Å²) in [4.78, 5) is 13.3. The van der Waals surface area contributed by atoms with Crippen LogP contribution in [-0.4, -0.2) is 35.6 Å². The number of likely N-dealkylation sites (tertiary alicyclic amines) is 1. The van der Waals surface area contributed by atoms with Crippen molar-refractivity contribution in [2.45, 2.75) is 25.6 Å². The second-order valence-corrected chi connectivity index (χ2v) is 4.40. The molecule has 1 amide bonds. The lowest BCUT2D eigenvalue weighted by molar-refractivity contribution is -0.132. The van der Waals surface area contributed by atoms with E-state index in [1.165, 1.54) is 0 Å². The second kappa shape index (κ2) is 4.75. The fourth-order valence-corrected chi connectivity index (χ4v) is 1.89. The number of carbonyl (C=O) groups is 1. The van der Waals surface area contributed by atoms with Crippen molar-refractivity contribution >= 4 is 5.91 Å². The summed E-state index contributed by atoms with van der Waals surface area (Å²) in [6.45, 7) is 2.46. The molecule has 4 heteroatoms. The summed E-state index contributed by atoms with van der Waals surface area (Å²) in [6, 6.07) is 7.19. The van der Waals surface area contributed by atoms with Crippen LogP contribution in [0.4, 0.5) is 0 Å². The van der Waals surface area contributed by atoms with E-state index in [1.54, 1.807) is 31.0 Å². The first-order valence-electron chi connectivity index (χ1n) is 5.77. The van der Waals surface area contributed by atoms with Crippen LogP contribution in [0.2, 0.25) is 0 Å². The molecule has 1 aliphatic rings. The van der Waals surface area contributed by atoms with Crippen LogP contribution in [0.25, 0.3) is 0 Å². The standard InChI is InChI=1S/C13H17NO3/c1-9(15)10-3-5-11(6-4-10)17-12-7-8-14(2)13(12)16/h3-6,9,12,15H,7-8H2,1-2H3/t9-,12?/m0/s1. The van der Waals surface area contributed by atoms with Gasteiger partial charge in [-0.05, 0) is 24.6 Å². The van der Waals surface area contributed by atoms with Crippen molar-refractivity contribution in [3.05, 3.63) is 29.8 Å². The van der Waals surface area contributed by atoms with Gasteiger partial charge in [-0.15, -0.1) is 0 Å². The predicted octanol–water partition coefficient (Wildman–Crippen LogP) is 1.35. The lowest BCUT2D eigenvalue weighted by Crippen LogP contribution is -2.29. The third-order valence-corrected chi connectivity index (χ3v) is 3.02. The molecule has 1 N–H and O–H groups in total. The number of likely N-dealkylation sites (N-methyl/N-ethyl adjacent to an activating group) is 1. The number of hydrogen-bond acceptors (Lipinski definition) is 3. The van der Waals surface area contributed by atoms with Crippen molar-refractivity contribution in [1.29, 1.82) is 0 Å². The Hall–Kier alpha value is -1.55. The van der Waals surface area contributed by atoms with E-state index < -0.39 is 6.10 Å².